The van der Waals surface area contributed by atoms with Crippen molar-refractivity contribution in [2.45, 2.75) is 51.6 Å². The van der Waals surface area contributed by atoms with Crippen molar-refractivity contribution in [2.75, 3.05) is 6.61 Å². The zero-order valence-electron chi connectivity index (χ0n) is 11.5. The van der Waals surface area contributed by atoms with Gasteiger partial charge in [0.25, 0.3) is 0 Å². The minimum atomic E-state index is 0.277. The van der Waals surface area contributed by atoms with Crippen LogP contribution in [0.25, 0.3) is 0 Å². The Morgan fingerprint density at radius 1 is 1.28 bits per heavy atom. The van der Waals surface area contributed by atoms with Gasteiger partial charge in [-0.3, -0.25) is 0 Å². The van der Waals surface area contributed by atoms with Gasteiger partial charge in [-0.25, -0.2) is 0 Å². The van der Waals surface area contributed by atoms with Gasteiger partial charge < -0.3 is 10.4 Å². The van der Waals surface area contributed by atoms with Gasteiger partial charge in [-0.15, -0.1) is 0 Å². The van der Waals surface area contributed by atoms with Crippen molar-refractivity contribution >= 4 is 0 Å². The second-order valence-electron chi connectivity index (χ2n) is 5.74. The summed E-state index contributed by atoms with van der Waals surface area (Å²) in [6.07, 6.45) is 4.38. The van der Waals surface area contributed by atoms with Gasteiger partial charge in [0, 0.05) is 18.7 Å². The molecule has 2 heteroatoms. The largest absolute Gasteiger partial charge is 0.396 e. The van der Waals surface area contributed by atoms with Crippen LogP contribution in [-0.4, -0.2) is 23.8 Å². The number of nitrogens with one attached hydrogen (secondary N) is 1. The van der Waals surface area contributed by atoms with E-state index in [1.165, 1.54) is 24.0 Å². The summed E-state index contributed by atoms with van der Waals surface area (Å²) < 4.78 is 0. The molecule has 100 valence electrons. The molecule has 0 spiro atoms. The fourth-order valence-electron chi connectivity index (χ4n) is 2.89. The molecule has 0 aliphatic heterocycles. The molecule has 0 heterocycles. The third-order valence-electron chi connectivity index (χ3n) is 4.04. The van der Waals surface area contributed by atoms with Crippen LogP contribution in [0.15, 0.2) is 24.3 Å². The van der Waals surface area contributed by atoms with E-state index in [2.05, 4.69) is 43.4 Å². The topological polar surface area (TPSA) is 32.3 Å². The van der Waals surface area contributed by atoms with Crippen LogP contribution >= 0.6 is 0 Å². The maximum absolute atomic E-state index is 9.13. The van der Waals surface area contributed by atoms with Crippen LogP contribution in [0.5, 0.6) is 0 Å². The van der Waals surface area contributed by atoms with Crippen molar-refractivity contribution < 1.29 is 5.11 Å². The van der Waals surface area contributed by atoms with Crippen molar-refractivity contribution in [1.29, 1.82) is 0 Å². The van der Waals surface area contributed by atoms with E-state index < -0.39 is 0 Å². The van der Waals surface area contributed by atoms with E-state index in [-0.39, 0.29) is 6.61 Å². The number of fused-ring (bicyclic) bond motifs is 1. The molecule has 0 saturated heterocycles. The summed E-state index contributed by atoms with van der Waals surface area (Å²) in [5, 5.41) is 12.9. The Bertz CT molecular complexity index is 375. The molecule has 0 amide bonds. The van der Waals surface area contributed by atoms with Gasteiger partial charge in [-0.1, -0.05) is 38.1 Å². The van der Waals surface area contributed by atoms with Crippen LogP contribution in [-0.2, 0) is 12.8 Å². The smallest absolute Gasteiger partial charge is 0.0445 e. The molecule has 2 atom stereocenters. The molecular formula is C16H25NO. The zero-order valence-corrected chi connectivity index (χ0v) is 11.5. The molecule has 0 aromatic heterocycles. The predicted octanol–water partition coefficient (Wildman–Crippen LogP) is 2.54. The summed E-state index contributed by atoms with van der Waals surface area (Å²) in [6.45, 7) is 4.73. The molecular weight excluding hydrogens is 222 g/mol. The van der Waals surface area contributed by atoms with E-state index in [1.807, 2.05) is 0 Å². The average molecular weight is 247 g/mol. The second kappa shape index (κ2) is 6.35. The Kier molecular flexibility index (Phi) is 4.79. The Hall–Kier alpha value is -0.860. The molecule has 1 aliphatic rings. The van der Waals surface area contributed by atoms with E-state index in [0.717, 1.165) is 12.8 Å². The van der Waals surface area contributed by atoms with Crippen LogP contribution in [0.4, 0.5) is 0 Å². The molecule has 1 aromatic carbocycles. The number of benzene rings is 1. The highest BCUT2D eigenvalue weighted by molar-refractivity contribution is 5.30. The summed E-state index contributed by atoms with van der Waals surface area (Å²) in [5.74, 6) is 0.578. The van der Waals surface area contributed by atoms with Gasteiger partial charge in [0.2, 0.25) is 0 Å². The van der Waals surface area contributed by atoms with Crippen molar-refractivity contribution in [3.05, 3.63) is 35.4 Å². The Labute approximate surface area is 110 Å². The first-order valence-electron chi connectivity index (χ1n) is 7.14. The van der Waals surface area contributed by atoms with Crippen LogP contribution in [0, 0.1) is 5.92 Å². The van der Waals surface area contributed by atoms with Gasteiger partial charge in [0.1, 0.15) is 0 Å². The van der Waals surface area contributed by atoms with Gasteiger partial charge in [-0.05, 0) is 42.7 Å². The van der Waals surface area contributed by atoms with Crippen molar-refractivity contribution in [3.63, 3.8) is 0 Å². The van der Waals surface area contributed by atoms with E-state index >= 15 is 0 Å². The van der Waals surface area contributed by atoms with Gasteiger partial charge in [0.05, 0.1) is 0 Å². The molecule has 2 rings (SSSR count). The van der Waals surface area contributed by atoms with Gasteiger partial charge >= 0.3 is 0 Å². The molecule has 2 unspecified atom stereocenters. The summed E-state index contributed by atoms with van der Waals surface area (Å²) in [5.41, 5.74) is 3.01. The molecule has 0 fully saturated rings. The monoisotopic (exact) mass is 247 g/mol. The van der Waals surface area contributed by atoms with Crippen LogP contribution in [0.1, 0.15) is 37.8 Å². The molecule has 2 N–H and O–H groups in total. The van der Waals surface area contributed by atoms with Crippen molar-refractivity contribution in [2.24, 2.45) is 5.92 Å². The standard InChI is InChI=1S/C16H25NO/c1-12(2)16(9-10-18)17-15-8-7-13-5-3-4-6-14(13)11-15/h3-6,12,15-18H,7-11H2,1-2H3. The highest BCUT2D eigenvalue weighted by Crippen LogP contribution is 2.22. The molecule has 1 aliphatic carbocycles. The maximum atomic E-state index is 9.13. The minimum absolute atomic E-state index is 0.277. The SMILES string of the molecule is CC(C)C(CCO)NC1CCc2ccccc2C1. The fourth-order valence-corrected chi connectivity index (χ4v) is 2.89. The molecule has 1 aromatic rings. The first-order chi connectivity index (χ1) is 8.70. The van der Waals surface area contributed by atoms with Crippen LogP contribution in [0.2, 0.25) is 0 Å². The molecule has 2 nitrogen and oxygen atoms in total. The van der Waals surface area contributed by atoms with E-state index in [0.29, 0.717) is 18.0 Å². The number of hydrogen-bond donors (Lipinski definition) is 2. The first-order valence-corrected chi connectivity index (χ1v) is 7.14. The maximum Gasteiger partial charge on any atom is 0.0445 e. The Morgan fingerprint density at radius 2 is 2.00 bits per heavy atom. The average Bonchev–Trinajstić information content (AvgIpc) is 2.38. The first kappa shape index (κ1) is 13.6. The summed E-state index contributed by atoms with van der Waals surface area (Å²) >= 11 is 0. The summed E-state index contributed by atoms with van der Waals surface area (Å²) in [6, 6.07) is 9.77. The quantitative estimate of drug-likeness (QED) is 0.838. The fraction of sp³-hybridized carbons (Fsp3) is 0.625. The molecule has 0 saturated carbocycles. The minimum Gasteiger partial charge on any atom is -0.396 e. The highest BCUT2D eigenvalue weighted by atomic mass is 16.3. The number of hydrogen-bond acceptors (Lipinski definition) is 2. The lowest BCUT2D eigenvalue weighted by molar-refractivity contribution is 0.230. The van der Waals surface area contributed by atoms with Gasteiger partial charge in [-0.2, -0.15) is 0 Å². The lowest BCUT2D eigenvalue weighted by Gasteiger charge is -2.31. The Balaban J connectivity index is 1.96. The highest BCUT2D eigenvalue weighted by Gasteiger charge is 2.22. The number of aliphatic hydroxyl groups excluding tert-OH is 1. The normalized spacial score (nSPS) is 20.8. The zero-order chi connectivity index (χ0) is 13.0. The molecule has 0 bridgehead atoms. The van der Waals surface area contributed by atoms with Crippen molar-refractivity contribution in [3.8, 4) is 0 Å². The van der Waals surface area contributed by atoms with E-state index in [1.54, 1.807) is 0 Å². The summed E-state index contributed by atoms with van der Waals surface area (Å²) in [4.78, 5) is 0. The third kappa shape index (κ3) is 3.33. The van der Waals surface area contributed by atoms with E-state index in [9.17, 15) is 0 Å². The van der Waals surface area contributed by atoms with E-state index in [4.69, 9.17) is 5.11 Å². The lowest BCUT2D eigenvalue weighted by atomic mass is 9.87. The predicted molar refractivity (Wildman–Crippen MR) is 75.7 cm³/mol. The second-order valence-corrected chi connectivity index (χ2v) is 5.74. The van der Waals surface area contributed by atoms with Gasteiger partial charge in [0.15, 0.2) is 0 Å². The van der Waals surface area contributed by atoms with Crippen LogP contribution < -0.4 is 5.32 Å². The van der Waals surface area contributed by atoms with Crippen molar-refractivity contribution in [1.82, 2.24) is 5.32 Å². The molecule has 0 radical (unpaired) electrons. The molecule has 18 heavy (non-hydrogen) atoms. The number of rotatable bonds is 5. The van der Waals surface area contributed by atoms with Crippen LogP contribution in [0.3, 0.4) is 0 Å². The number of aliphatic hydroxyl groups is 1. The number of aryl methyl sites for hydroxylation is 1. The lowest BCUT2D eigenvalue weighted by Crippen LogP contribution is -2.44. The third-order valence-corrected chi connectivity index (χ3v) is 4.04. The summed E-state index contributed by atoms with van der Waals surface area (Å²) in [7, 11) is 0. The Morgan fingerprint density at radius 3 is 2.67 bits per heavy atom.